The van der Waals surface area contributed by atoms with E-state index in [9.17, 15) is 23.5 Å². The first kappa shape index (κ1) is 25.0. The molecule has 2 aromatic carbocycles. The number of thiazole rings is 1. The molecule has 1 unspecified atom stereocenters. The standard InChI is InChI=1S/C27H22F2N2O4S2/c1-2-3-4-11-35-17-9-7-15(8-10-17)24(32)21-23(19-6-5-12-36-19)31(26(34)25(21)33)27-30-22-18(29)13-16(28)14-20(22)37-27/h5-10,12-14,23,32H,2-4,11H2,1H3/b24-21+. The Hall–Kier alpha value is -3.63. The van der Waals surface area contributed by atoms with E-state index in [2.05, 4.69) is 11.9 Å². The molecule has 1 saturated heterocycles. The van der Waals surface area contributed by atoms with Crippen molar-refractivity contribution in [1.82, 2.24) is 4.98 Å². The van der Waals surface area contributed by atoms with Gasteiger partial charge in [0.15, 0.2) is 10.9 Å². The van der Waals surface area contributed by atoms with E-state index < -0.39 is 29.4 Å². The number of Topliss-reactive ketones (excluding diaryl/α,β-unsaturated/α-hetero) is 1. The number of hydrogen-bond acceptors (Lipinski definition) is 7. The Morgan fingerprint density at radius 3 is 2.62 bits per heavy atom. The van der Waals surface area contributed by atoms with Crippen molar-refractivity contribution >= 4 is 55.5 Å². The maximum atomic E-state index is 14.3. The van der Waals surface area contributed by atoms with Gasteiger partial charge in [-0.15, -0.1) is 11.3 Å². The summed E-state index contributed by atoms with van der Waals surface area (Å²) in [6.07, 6.45) is 3.09. The Morgan fingerprint density at radius 1 is 1.14 bits per heavy atom. The van der Waals surface area contributed by atoms with Crippen LogP contribution in [0.15, 0.2) is 59.5 Å². The van der Waals surface area contributed by atoms with Crippen LogP contribution in [0.1, 0.15) is 42.7 Å². The van der Waals surface area contributed by atoms with Gasteiger partial charge in [0.05, 0.1) is 16.9 Å². The molecule has 0 spiro atoms. The van der Waals surface area contributed by atoms with Gasteiger partial charge < -0.3 is 9.84 Å². The monoisotopic (exact) mass is 540 g/mol. The van der Waals surface area contributed by atoms with Crippen LogP contribution in [-0.4, -0.2) is 28.4 Å². The number of rotatable bonds is 8. The number of carbonyl (C=O) groups is 2. The predicted octanol–water partition coefficient (Wildman–Crippen LogP) is 6.83. The van der Waals surface area contributed by atoms with E-state index in [4.69, 9.17) is 4.74 Å². The van der Waals surface area contributed by atoms with Gasteiger partial charge in [0.25, 0.3) is 5.78 Å². The SMILES string of the molecule is CCCCCOc1ccc(/C(O)=C2\C(=O)C(=O)N(c3nc4c(F)cc(F)cc4s3)C2c2cccs2)cc1. The topological polar surface area (TPSA) is 79.7 Å². The first-order chi connectivity index (χ1) is 17.9. The van der Waals surface area contributed by atoms with E-state index in [1.54, 1.807) is 41.8 Å². The molecule has 0 saturated carbocycles. The lowest BCUT2D eigenvalue weighted by molar-refractivity contribution is -0.132. The van der Waals surface area contributed by atoms with Crippen molar-refractivity contribution in [3.8, 4) is 5.75 Å². The number of carbonyl (C=O) groups excluding carboxylic acids is 2. The van der Waals surface area contributed by atoms with Gasteiger partial charge in [-0.1, -0.05) is 37.2 Å². The summed E-state index contributed by atoms with van der Waals surface area (Å²) in [5.74, 6) is -3.13. The number of ether oxygens (including phenoxy) is 1. The van der Waals surface area contributed by atoms with Crippen LogP contribution in [0.3, 0.4) is 0 Å². The highest BCUT2D eigenvalue weighted by Crippen LogP contribution is 2.45. The Morgan fingerprint density at radius 2 is 1.92 bits per heavy atom. The van der Waals surface area contributed by atoms with Crippen LogP contribution in [0.5, 0.6) is 5.75 Å². The molecule has 6 nitrogen and oxygen atoms in total. The van der Waals surface area contributed by atoms with E-state index in [0.29, 0.717) is 28.9 Å². The summed E-state index contributed by atoms with van der Waals surface area (Å²) in [5.41, 5.74) is 0.149. The first-order valence-electron chi connectivity index (χ1n) is 11.7. The van der Waals surface area contributed by atoms with Crippen molar-refractivity contribution in [3.63, 3.8) is 0 Å². The molecular weight excluding hydrogens is 518 g/mol. The van der Waals surface area contributed by atoms with Gasteiger partial charge in [-0.3, -0.25) is 14.5 Å². The van der Waals surface area contributed by atoms with Gasteiger partial charge in [-0.2, -0.15) is 0 Å². The second kappa shape index (κ2) is 10.4. The summed E-state index contributed by atoms with van der Waals surface area (Å²) >= 11 is 2.20. The summed E-state index contributed by atoms with van der Waals surface area (Å²) in [5, 5.41) is 13.0. The minimum atomic E-state index is -0.974. The molecule has 1 N–H and O–H groups in total. The average Bonchev–Trinajstić information content (AvgIpc) is 3.61. The van der Waals surface area contributed by atoms with Crippen molar-refractivity contribution in [2.24, 2.45) is 0 Å². The maximum Gasteiger partial charge on any atom is 0.301 e. The number of amides is 1. The smallest absolute Gasteiger partial charge is 0.301 e. The second-order valence-corrected chi connectivity index (χ2v) is 10.5. The van der Waals surface area contributed by atoms with Gasteiger partial charge in [-0.25, -0.2) is 13.8 Å². The van der Waals surface area contributed by atoms with Crippen LogP contribution in [0.2, 0.25) is 0 Å². The number of hydrogen-bond donors (Lipinski definition) is 1. The van der Waals surface area contributed by atoms with E-state index in [0.717, 1.165) is 41.6 Å². The zero-order chi connectivity index (χ0) is 26.1. The molecule has 1 aliphatic heterocycles. The number of unbranched alkanes of at least 4 members (excludes halogenated alkanes) is 2. The number of aromatic nitrogens is 1. The van der Waals surface area contributed by atoms with Crippen molar-refractivity contribution < 1.29 is 28.2 Å². The van der Waals surface area contributed by atoms with E-state index in [1.807, 2.05) is 0 Å². The van der Waals surface area contributed by atoms with Crippen LogP contribution in [0, 0.1) is 11.6 Å². The largest absolute Gasteiger partial charge is 0.507 e. The highest BCUT2D eigenvalue weighted by atomic mass is 32.1. The Kier molecular flexibility index (Phi) is 7.03. The summed E-state index contributed by atoms with van der Waals surface area (Å²) in [4.78, 5) is 32.4. The van der Waals surface area contributed by atoms with Gasteiger partial charge in [0.2, 0.25) is 0 Å². The third-order valence-corrected chi connectivity index (χ3v) is 7.94. The number of fused-ring (bicyclic) bond motifs is 1. The van der Waals surface area contributed by atoms with Crippen molar-refractivity contribution in [2.75, 3.05) is 11.5 Å². The third kappa shape index (κ3) is 4.74. The van der Waals surface area contributed by atoms with E-state index >= 15 is 0 Å². The summed E-state index contributed by atoms with van der Waals surface area (Å²) in [7, 11) is 0. The van der Waals surface area contributed by atoms with Crippen molar-refractivity contribution in [3.05, 3.63) is 81.6 Å². The molecule has 4 aromatic rings. The van der Waals surface area contributed by atoms with E-state index in [1.165, 1.54) is 11.3 Å². The van der Waals surface area contributed by atoms with Crippen LogP contribution in [0.4, 0.5) is 13.9 Å². The number of ketones is 1. The molecule has 0 radical (unpaired) electrons. The van der Waals surface area contributed by atoms with Crippen LogP contribution < -0.4 is 9.64 Å². The molecule has 1 atom stereocenters. The van der Waals surface area contributed by atoms with Gasteiger partial charge in [0, 0.05) is 16.5 Å². The highest BCUT2D eigenvalue weighted by molar-refractivity contribution is 7.22. The molecule has 37 heavy (non-hydrogen) atoms. The lowest BCUT2D eigenvalue weighted by Crippen LogP contribution is -2.28. The number of aliphatic hydroxyl groups excluding tert-OH is 1. The zero-order valence-electron chi connectivity index (χ0n) is 19.7. The lowest BCUT2D eigenvalue weighted by Gasteiger charge is -2.21. The number of benzene rings is 2. The van der Waals surface area contributed by atoms with Gasteiger partial charge >= 0.3 is 5.91 Å². The highest BCUT2D eigenvalue weighted by Gasteiger charge is 2.48. The first-order valence-corrected chi connectivity index (χ1v) is 13.4. The van der Waals surface area contributed by atoms with Gasteiger partial charge in [-0.05, 0) is 48.2 Å². The Balaban J connectivity index is 1.55. The summed E-state index contributed by atoms with van der Waals surface area (Å²) < 4.78 is 34.0. The molecule has 0 bridgehead atoms. The maximum absolute atomic E-state index is 14.3. The molecule has 2 aromatic heterocycles. The predicted molar refractivity (Wildman–Crippen MR) is 140 cm³/mol. The minimum absolute atomic E-state index is 0.0369. The molecule has 0 aliphatic carbocycles. The van der Waals surface area contributed by atoms with Gasteiger partial charge in [0.1, 0.15) is 28.9 Å². The molecule has 3 heterocycles. The lowest BCUT2D eigenvalue weighted by atomic mass is 10.00. The molecular formula is C27H22F2N2O4S2. The molecule has 1 amide bonds. The molecule has 5 rings (SSSR count). The van der Waals surface area contributed by atoms with Crippen LogP contribution in [0.25, 0.3) is 16.0 Å². The van der Waals surface area contributed by atoms with Crippen LogP contribution in [-0.2, 0) is 9.59 Å². The fourth-order valence-electron chi connectivity index (χ4n) is 4.20. The fourth-order valence-corrected chi connectivity index (χ4v) is 6.06. The number of nitrogens with zero attached hydrogens (tertiary/aromatic N) is 2. The number of halogens is 2. The Labute approximate surface area is 219 Å². The van der Waals surface area contributed by atoms with E-state index in [-0.39, 0.29) is 26.7 Å². The normalized spacial score (nSPS) is 17.2. The fraction of sp³-hybridized carbons (Fsp3) is 0.222. The number of aliphatic hydroxyl groups is 1. The van der Waals surface area contributed by atoms with Crippen molar-refractivity contribution in [2.45, 2.75) is 32.2 Å². The second-order valence-electron chi connectivity index (χ2n) is 8.50. The Bertz CT molecular complexity index is 1500. The van der Waals surface area contributed by atoms with Crippen LogP contribution >= 0.6 is 22.7 Å². The number of anilines is 1. The molecule has 1 aliphatic rings. The third-order valence-electron chi connectivity index (χ3n) is 6.01. The summed E-state index contributed by atoms with van der Waals surface area (Å²) in [6, 6.07) is 11.0. The van der Waals surface area contributed by atoms with Crippen molar-refractivity contribution in [1.29, 1.82) is 0 Å². The molecule has 190 valence electrons. The minimum Gasteiger partial charge on any atom is -0.507 e. The zero-order valence-corrected chi connectivity index (χ0v) is 21.4. The molecule has 1 fully saturated rings. The summed E-state index contributed by atoms with van der Waals surface area (Å²) in [6.45, 7) is 2.69. The number of thiophene rings is 1. The quantitative estimate of drug-likeness (QED) is 0.115. The molecule has 10 heteroatoms. The average molecular weight is 541 g/mol.